The summed E-state index contributed by atoms with van der Waals surface area (Å²) in [6, 6.07) is 0. The number of fused-ring (bicyclic) bond motifs is 1. The van der Waals surface area contributed by atoms with Crippen LogP contribution < -0.4 is 5.32 Å². The van der Waals surface area contributed by atoms with Crippen LogP contribution in [0.2, 0.25) is 0 Å². The van der Waals surface area contributed by atoms with Crippen LogP contribution in [0, 0.1) is 0 Å². The zero-order valence-corrected chi connectivity index (χ0v) is 13.0. The third-order valence-electron chi connectivity index (χ3n) is 3.54. The van der Waals surface area contributed by atoms with Gasteiger partial charge in [0.2, 0.25) is 0 Å². The predicted molar refractivity (Wildman–Crippen MR) is 77.4 cm³/mol. The van der Waals surface area contributed by atoms with Gasteiger partial charge in [-0.2, -0.15) is 0 Å². The molecule has 126 valence electrons. The highest BCUT2D eigenvalue weighted by atomic mass is 31.2. The molecule has 12 heteroatoms. The number of hydrogen-bond donors (Lipinski definition) is 4. The third kappa shape index (κ3) is 3.20. The molecular formula is C11H16N5O6P. The van der Waals surface area contributed by atoms with Gasteiger partial charge >= 0.3 is 7.82 Å². The van der Waals surface area contributed by atoms with Crippen molar-refractivity contribution in [2.45, 2.75) is 24.9 Å². The van der Waals surface area contributed by atoms with Crippen molar-refractivity contribution in [3.8, 4) is 0 Å². The largest absolute Gasteiger partial charge is 0.469 e. The second kappa shape index (κ2) is 6.11. The molecule has 0 aliphatic carbocycles. The highest BCUT2D eigenvalue weighted by Gasteiger charge is 2.40. The summed E-state index contributed by atoms with van der Waals surface area (Å²) in [5.41, 5.74) is 1.04. The summed E-state index contributed by atoms with van der Waals surface area (Å²) in [6.07, 6.45) is 0.603. The number of anilines is 1. The summed E-state index contributed by atoms with van der Waals surface area (Å²) >= 11 is 0. The number of ether oxygens (including phenoxy) is 1. The Hall–Kier alpha value is -1.62. The van der Waals surface area contributed by atoms with Crippen LogP contribution in [-0.4, -0.2) is 60.3 Å². The molecule has 0 aromatic carbocycles. The molecule has 1 saturated heterocycles. The summed E-state index contributed by atoms with van der Waals surface area (Å²) in [6.45, 7) is -0.426. The number of aromatic nitrogens is 4. The number of phosphoric acid groups is 1. The first-order valence-corrected chi connectivity index (χ1v) is 8.31. The summed E-state index contributed by atoms with van der Waals surface area (Å²) in [7, 11) is -2.97. The fourth-order valence-corrected chi connectivity index (χ4v) is 3.14. The Balaban J connectivity index is 1.90. The number of rotatable bonds is 5. The molecule has 2 aromatic heterocycles. The van der Waals surface area contributed by atoms with Crippen LogP contribution >= 0.6 is 7.82 Å². The minimum atomic E-state index is -4.68. The number of aliphatic hydroxyl groups is 1. The van der Waals surface area contributed by atoms with Crippen LogP contribution in [0.5, 0.6) is 0 Å². The molecule has 1 aliphatic heterocycles. The van der Waals surface area contributed by atoms with Crippen molar-refractivity contribution in [3.63, 3.8) is 0 Å². The van der Waals surface area contributed by atoms with Crippen LogP contribution in [-0.2, 0) is 13.8 Å². The number of aliphatic hydroxyl groups excluding tert-OH is 1. The van der Waals surface area contributed by atoms with Gasteiger partial charge in [0.05, 0.1) is 12.9 Å². The lowest BCUT2D eigenvalue weighted by atomic mass is 10.2. The quantitative estimate of drug-likeness (QED) is 0.528. The van der Waals surface area contributed by atoms with Crippen molar-refractivity contribution in [2.75, 3.05) is 19.0 Å². The van der Waals surface area contributed by atoms with E-state index in [-0.39, 0.29) is 6.42 Å². The van der Waals surface area contributed by atoms with Gasteiger partial charge in [-0.05, 0) is 0 Å². The Morgan fingerprint density at radius 2 is 2.26 bits per heavy atom. The van der Waals surface area contributed by atoms with E-state index in [1.807, 2.05) is 0 Å². The van der Waals surface area contributed by atoms with Crippen LogP contribution in [0.4, 0.5) is 5.82 Å². The van der Waals surface area contributed by atoms with Crippen LogP contribution in [0.15, 0.2) is 12.7 Å². The standard InChI is InChI=1S/C11H16N5O6P/c1-12-10-9-11(14-4-13-10)16(5-15-9)8-2-6(7(3-17)21-8)22-23(18,19)20/h4-8,17H,2-3H2,1H3,(H,12,13,14)(H2,18,19,20)/t6-,7+,8+/m0/s1. The average Bonchev–Trinajstić information content (AvgIpc) is 3.08. The Morgan fingerprint density at radius 3 is 2.91 bits per heavy atom. The summed E-state index contributed by atoms with van der Waals surface area (Å²) in [5.74, 6) is 0.550. The number of phosphoric ester groups is 1. The molecule has 3 atom stereocenters. The molecule has 2 aromatic rings. The molecule has 1 fully saturated rings. The first kappa shape index (κ1) is 16.2. The number of nitrogens with zero attached hydrogens (tertiary/aromatic N) is 4. The van der Waals surface area contributed by atoms with Crippen molar-refractivity contribution in [1.29, 1.82) is 0 Å². The molecule has 0 unspecified atom stereocenters. The molecule has 0 amide bonds. The lowest BCUT2D eigenvalue weighted by Crippen LogP contribution is -2.26. The van der Waals surface area contributed by atoms with Gasteiger partial charge in [-0.15, -0.1) is 0 Å². The first-order chi connectivity index (χ1) is 10.9. The minimum Gasteiger partial charge on any atom is -0.394 e. The average molecular weight is 345 g/mol. The number of imidazole rings is 1. The smallest absolute Gasteiger partial charge is 0.394 e. The van der Waals surface area contributed by atoms with Gasteiger partial charge in [0, 0.05) is 13.5 Å². The van der Waals surface area contributed by atoms with Gasteiger partial charge in [-0.1, -0.05) is 0 Å². The van der Waals surface area contributed by atoms with E-state index in [0.29, 0.717) is 17.0 Å². The molecule has 0 saturated carbocycles. The van der Waals surface area contributed by atoms with Gasteiger partial charge in [0.1, 0.15) is 30.3 Å². The van der Waals surface area contributed by atoms with E-state index in [2.05, 4.69) is 20.3 Å². The molecule has 1 aliphatic rings. The fourth-order valence-electron chi connectivity index (χ4n) is 2.57. The van der Waals surface area contributed by atoms with Crippen molar-refractivity contribution in [1.82, 2.24) is 19.5 Å². The van der Waals surface area contributed by atoms with E-state index in [0.717, 1.165) is 0 Å². The second-order valence-electron chi connectivity index (χ2n) is 4.98. The van der Waals surface area contributed by atoms with Gasteiger partial charge < -0.3 is 24.9 Å². The number of hydrogen-bond acceptors (Lipinski definition) is 8. The highest BCUT2D eigenvalue weighted by Crippen LogP contribution is 2.43. The summed E-state index contributed by atoms with van der Waals surface area (Å²) < 4.78 is 22.9. The summed E-state index contributed by atoms with van der Waals surface area (Å²) in [5, 5.41) is 12.2. The van der Waals surface area contributed by atoms with Crippen LogP contribution in [0.3, 0.4) is 0 Å². The molecule has 23 heavy (non-hydrogen) atoms. The normalized spacial score (nSPS) is 25.1. The lowest BCUT2D eigenvalue weighted by molar-refractivity contribution is -0.0425. The van der Waals surface area contributed by atoms with E-state index in [4.69, 9.17) is 19.0 Å². The van der Waals surface area contributed by atoms with Gasteiger partial charge in [0.25, 0.3) is 0 Å². The van der Waals surface area contributed by atoms with Crippen LogP contribution in [0.25, 0.3) is 11.2 Å². The zero-order chi connectivity index (χ0) is 16.6. The Morgan fingerprint density at radius 1 is 1.48 bits per heavy atom. The second-order valence-corrected chi connectivity index (χ2v) is 6.17. The van der Waals surface area contributed by atoms with E-state index in [1.54, 1.807) is 11.6 Å². The van der Waals surface area contributed by atoms with Crippen molar-refractivity contribution in [3.05, 3.63) is 12.7 Å². The SMILES string of the molecule is CNc1ncnc2c1ncn2[C@H]1C[C@H](OP(=O)(O)O)[C@@H](CO)O1. The molecule has 0 bridgehead atoms. The Kier molecular flexibility index (Phi) is 4.32. The van der Waals surface area contributed by atoms with Crippen LogP contribution in [0.1, 0.15) is 12.6 Å². The molecule has 3 heterocycles. The molecule has 0 radical (unpaired) electrons. The van der Waals surface area contributed by atoms with E-state index in [1.165, 1.54) is 12.7 Å². The van der Waals surface area contributed by atoms with Crippen molar-refractivity contribution in [2.24, 2.45) is 0 Å². The molecule has 3 rings (SSSR count). The third-order valence-corrected chi connectivity index (χ3v) is 4.08. The topological polar surface area (TPSA) is 152 Å². The van der Waals surface area contributed by atoms with Gasteiger partial charge in [-0.25, -0.2) is 19.5 Å². The Bertz CT molecular complexity index is 748. The molecular weight excluding hydrogens is 329 g/mol. The summed E-state index contributed by atoms with van der Waals surface area (Å²) in [4.78, 5) is 30.3. The maximum Gasteiger partial charge on any atom is 0.469 e. The van der Waals surface area contributed by atoms with Crippen molar-refractivity contribution < 1.29 is 28.7 Å². The molecule has 4 N–H and O–H groups in total. The monoisotopic (exact) mass is 345 g/mol. The zero-order valence-electron chi connectivity index (χ0n) is 12.1. The fraction of sp³-hybridized carbons (Fsp3) is 0.545. The van der Waals surface area contributed by atoms with E-state index < -0.39 is 32.9 Å². The lowest BCUT2D eigenvalue weighted by Gasteiger charge is -2.16. The van der Waals surface area contributed by atoms with E-state index >= 15 is 0 Å². The molecule has 11 nitrogen and oxygen atoms in total. The first-order valence-electron chi connectivity index (χ1n) is 6.78. The Labute approximate surface area is 130 Å². The molecule has 0 spiro atoms. The maximum atomic E-state index is 11.0. The van der Waals surface area contributed by atoms with Crippen molar-refractivity contribution >= 4 is 24.8 Å². The highest BCUT2D eigenvalue weighted by molar-refractivity contribution is 7.46. The predicted octanol–water partition coefficient (Wildman–Crippen LogP) is -0.374. The van der Waals surface area contributed by atoms with E-state index in [9.17, 15) is 9.67 Å². The maximum absolute atomic E-state index is 11.0. The van der Waals surface area contributed by atoms with Gasteiger partial charge in [-0.3, -0.25) is 9.09 Å². The minimum absolute atomic E-state index is 0.140. The van der Waals surface area contributed by atoms with Gasteiger partial charge in [0.15, 0.2) is 11.5 Å². The number of nitrogens with one attached hydrogen (secondary N) is 1.